The number of hydrogen-bond donors (Lipinski definition) is 3. The highest BCUT2D eigenvalue weighted by Crippen LogP contribution is 2.31. The Morgan fingerprint density at radius 1 is 0.635 bits per heavy atom. The van der Waals surface area contributed by atoms with Crippen LogP contribution >= 0.6 is 0 Å². The second-order valence-corrected chi connectivity index (χ2v) is 13.0. The van der Waals surface area contributed by atoms with E-state index < -0.39 is 61.3 Å². The van der Waals surface area contributed by atoms with Crippen LogP contribution in [0.25, 0.3) is 0 Å². The molecule has 0 unspecified atom stereocenters. The summed E-state index contributed by atoms with van der Waals surface area (Å²) in [4.78, 5) is 12.7. The van der Waals surface area contributed by atoms with E-state index in [1.54, 1.807) is 6.92 Å². The Hall–Kier alpha value is -4.17. The van der Waals surface area contributed by atoms with Crippen molar-refractivity contribution in [3.8, 4) is 0 Å². The highest BCUT2D eigenvalue weighted by atomic mass is 16.7. The zero-order valence-corrected chi connectivity index (χ0v) is 29.1. The van der Waals surface area contributed by atoms with Crippen LogP contribution in [0.15, 0.2) is 121 Å². The molecule has 4 aromatic rings. The van der Waals surface area contributed by atoms with Crippen LogP contribution in [0.5, 0.6) is 0 Å². The molecule has 2 fully saturated rings. The summed E-state index contributed by atoms with van der Waals surface area (Å²) in [6, 6.07) is 37.8. The van der Waals surface area contributed by atoms with E-state index in [9.17, 15) is 15.0 Å². The van der Waals surface area contributed by atoms with Crippen molar-refractivity contribution in [1.29, 1.82) is 0 Å². The molecule has 2 saturated heterocycles. The minimum Gasteiger partial charge on any atom is -0.445 e. The summed E-state index contributed by atoms with van der Waals surface area (Å²) in [5.74, 6) is 0. The molecule has 0 aliphatic carbocycles. The molecule has 0 radical (unpaired) electrons. The number of amides is 1. The summed E-state index contributed by atoms with van der Waals surface area (Å²) < 4.78 is 43.2. The average Bonchev–Trinajstić information content (AvgIpc) is 3.18. The first kappa shape index (κ1) is 37.6. The van der Waals surface area contributed by atoms with Crippen molar-refractivity contribution in [2.75, 3.05) is 6.61 Å². The lowest BCUT2D eigenvalue weighted by Crippen LogP contribution is -2.61. The van der Waals surface area contributed by atoms with Gasteiger partial charge in [0.1, 0.15) is 37.1 Å². The first-order valence-corrected chi connectivity index (χ1v) is 17.7. The summed E-state index contributed by atoms with van der Waals surface area (Å²) in [7, 11) is 0. The van der Waals surface area contributed by atoms with Gasteiger partial charge in [0.05, 0.1) is 38.6 Å². The minimum absolute atomic E-state index is 0.0498. The van der Waals surface area contributed by atoms with Gasteiger partial charge >= 0.3 is 6.09 Å². The normalized spacial score (nSPS) is 27.5. The van der Waals surface area contributed by atoms with Crippen molar-refractivity contribution < 1.29 is 48.2 Å². The number of nitrogens with one attached hydrogen (secondary N) is 1. The van der Waals surface area contributed by atoms with E-state index in [4.69, 9.17) is 33.2 Å². The fraction of sp³-hybridized carbons (Fsp3) is 0.390. The molecule has 3 N–H and O–H groups in total. The van der Waals surface area contributed by atoms with Crippen LogP contribution in [-0.4, -0.2) is 78.2 Å². The maximum atomic E-state index is 12.7. The van der Waals surface area contributed by atoms with Gasteiger partial charge in [-0.05, 0) is 29.2 Å². The van der Waals surface area contributed by atoms with Crippen LogP contribution in [0.2, 0.25) is 0 Å². The molecule has 276 valence electrons. The van der Waals surface area contributed by atoms with Crippen LogP contribution < -0.4 is 5.32 Å². The van der Waals surface area contributed by atoms with E-state index in [0.29, 0.717) is 0 Å². The van der Waals surface area contributed by atoms with Gasteiger partial charge in [-0.3, -0.25) is 0 Å². The zero-order valence-electron chi connectivity index (χ0n) is 29.1. The third kappa shape index (κ3) is 10.7. The molecule has 2 aliphatic rings. The van der Waals surface area contributed by atoms with E-state index in [1.807, 2.05) is 121 Å². The van der Waals surface area contributed by atoms with E-state index in [-0.39, 0.29) is 39.5 Å². The van der Waals surface area contributed by atoms with Crippen molar-refractivity contribution in [3.05, 3.63) is 144 Å². The van der Waals surface area contributed by atoms with Gasteiger partial charge in [0.2, 0.25) is 0 Å². The monoisotopic (exact) mass is 713 g/mol. The number of carbonyl (C=O) groups is 1. The van der Waals surface area contributed by atoms with Gasteiger partial charge in [-0.15, -0.1) is 0 Å². The minimum atomic E-state index is -1.36. The zero-order chi connectivity index (χ0) is 36.1. The van der Waals surface area contributed by atoms with Crippen LogP contribution in [0.3, 0.4) is 0 Å². The summed E-state index contributed by atoms with van der Waals surface area (Å²) in [6.45, 7) is 2.47. The maximum Gasteiger partial charge on any atom is 0.407 e. The van der Waals surface area contributed by atoms with Crippen molar-refractivity contribution in [2.45, 2.75) is 95.0 Å². The molecule has 6 rings (SSSR count). The van der Waals surface area contributed by atoms with Crippen LogP contribution in [0.1, 0.15) is 35.6 Å². The Balaban J connectivity index is 1.16. The molecule has 0 spiro atoms. The molecule has 52 heavy (non-hydrogen) atoms. The van der Waals surface area contributed by atoms with Gasteiger partial charge < -0.3 is 48.7 Å². The molecule has 0 bridgehead atoms. The topological polar surface area (TPSA) is 134 Å². The summed E-state index contributed by atoms with van der Waals surface area (Å²) in [5.41, 5.74) is 3.67. The number of hydrogen-bond acceptors (Lipinski definition) is 10. The Morgan fingerprint density at radius 2 is 1.10 bits per heavy atom. The van der Waals surface area contributed by atoms with Crippen molar-refractivity contribution in [2.24, 2.45) is 0 Å². The lowest BCUT2D eigenvalue weighted by molar-refractivity contribution is -0.325. The summed E-state index contributed by atoms with van der Waals surface area (Å²) in [5, 5.41) is 25.0. The second-order valence-electron chi connectivity index (χ2n) is 13.0. The lowest BCUT2D eigenvalue weighted by Gasteiger charge is -2.45. The number of rotatable bonds is 15. The smallest absolute Gasteiger partial charge is 0.407 e. The predicted molar refractivity (Wildman–Crippen MR) is 190 cm³/mol. The molecular formula is C41H47NO10. The van der Waals surface area contributed by atoms with Crippen molar-refractivity contribution >= 4 is 6.09 Å². The number of aliphatic hydroxyl groups excluding tert-OH is 2. The SMILES string of the molecule is C[C@@H]1O[C@@H](OC[C@H]2O[C@H](O)[C@H](OCc3ccccc3)[C@@H](OCc3ccccc3)[C@@H]2OCc2ccccc2)C[C@@H](NC(=O)OCc2ccccc2)[C@H]1O. The van der Waals surface area contributed by atoms with Crippen molar-refractivity contribution in [1.82, 2.24) is 5.32 Å². The standard InChI is InChI=1S/C41H47NO10/c1-28-36(43)33(42-41(45)50-26-32-20-12-5-13-21-32)22-35(51-28)46-27-34-37(47-23-29-14-6-2-7-15-29)38(48-24-30-16-8-3-9-17-30)39(40(44)52-34)49-25-31-18-10-4-11-19-31/h2-21,28,33-40,43-44H,22-27H2,1H3,(H,42,45)/t28-,33+,34+,35+,36-,37+,38-,39+,40-/m0/s1. The predicted octanol–water partition coefficient (Wildman–Crippen LogP) is 5.27. The highest BCUT2D eigenvalue weighted by molar-refractivity contribution is 5.67. The fourth-order valence-corrected chi connectivity index (χ4v) is 6.32. The third-order valence-electron chi connectivity index (χ3n) is 9.13. The van der Waals surface area contributed by atoms with Gasteiger partial charge in [0.25, 0.3) is 0 Å². The molecular weight excluding hydrogens is 666 g/mol. The van der Waals surface area contributed by atoms with Gasteiger partial charge in [-0.1, -0.05) is 121 Å². The number of benzene rings is 4. The van der Waals surface area contributed by atoms with Gasteiger partial charge in [-0.25, -0.2) is 4.79 Å². The number of aliphatic hydroxyl groups is 2. The van der Waals surface area contributed by atoms with Gasteiger partial charge in [-0.2, -0.15) is 0 Å². The lowest BCUT2D eigenvalue weighted by atomic mass is 9.97. The molecule has 2 heterocycles. The first-order chi connectivity index (χ1) is 25.4. The van der Waals surface area contributed by atoms with Gasteiger partial charge in [0, 0.05) is 6.42 Å². The van der Waals surface area contributed by atoms with E-state index >= 15 is 0 Å². The van der Waals surface area contributed by atoms with Crippen LogP contribution in [0, 0.1) is 0 Å². The molecule has 2 aliphatic heterocycles. The molecule has 0 aromatic heterocycles. The molecule has 4 aromatic carbocycles. The summed E-state index contributed by atoms with van der Waals surface area (Å²) >= 11 is 0. The molecule has 11 heteroatoms. The summed E-state index contributed by atoms with van der Waals surface area (Å²) in [6.07, 6.45) is -7.52. The van der Waals surface area contributed by atoms with E-state index in [1.165, 1.54) is 0 Å². The number of ether oxygens (including phenoxy) is 7. The average molecular weight is 714 g/mol. The Morgan fingerprint density at radius 3 is 1.62 bits per heavy atom. The largest absolute Gasteiger partial charge is 0.445 e. The van der Waals surface area contributed by atoms with E-state index in [2.05, 4.69) is 5.32 Å². The third-order valence-corrected chi connectivity index (χ3v) is 9.13. The first-order valence-electron chi connectivity index (χ1n) is 17.7. The van der Waals surface area contributed by atoms with Crippen molar-refractivity contribution in [3.63, 3.8) is 0 Å². The van der Waals surface area contributed by atoms with Crippen LogP contribution in [0.4, 0.5) is 4.79 Å². The molecule has 1 amide bonds. The Labute approximate surface area is 304 Å². The Kier molecular flexibility index (Phi) is 13.8. The number of alkyl carbamates (subject to hydrolysis) is 1. The molecule has 11 nitrogen and oxygen atoms in total. The van der Waals surface area contributed by atoms with Crippen LogP contribution in [-0.2, 0) is 59.6 Å². The second kappa shape index (κ2) is 19.1. The molecule has 0 saturated carbocycles. The van der Waals surface area contributed by atoms with E-state index in [0.717, 1.165) is 22.3 Å². The molecule has 9 atom stereocenters. The Bertz CT molecular complexity index is 1620. The quantitative estimate of drug-likeness (QED) is 0.150. The maximum absolute atomic E-state index is 12.7. The fourth-order valence-electron chi connectivity index (χ4n) is 6.32. The highest BCUT2D eigenvalue weighted by Gasteiger charge is 2.48. The van der Waals surface area contributed by atoms with Gasteiger partial charge in [0.15, 0.2) is 12.6 Å². The number of carbonyl (C=O) groups excluding carboxylic acids is 1.